The molecular formula is C19H31N3O. The molecule has 0 spiro atoms. The molecule has 2 fully saturated rings. The number of β-amino-alcohol motifs (C(OH)–C–C–N with tert-alkyl or cyclic N) is 1. The molecule has 0 aliphatic carbocycles. The van der Waals surface area contributed by atoms with Crippen LogP contribution < -0.4 is 5.32 Å². The van der Waals surface area contributed by atoms with Crippen molar-refractivity contribution in [2.75, 3.05) is 52.4 Å². The summed E-state index contributed by atoms with van der Waals surface area (Å²) in [7, 11) is 0. The Morgan fingerprint density at radius 1 is 0.957 bits per heavy atom. The normalized spacial score (nSPS) is 27.7. The van der Waals surface area contributed by atoms with E-state index in [2.05, 4.69) is 45.4 Å². The molecule has 0 amide bonds. The Morgan fingerprint density at radius 2 is 1.70 bits per heavy atom. The fraction of sp³-hybridized carbons (Fsp3) is 0.684. The summed E-state index contributed by atoms with van der Waals surface area (Å²) < 4.78 is 0. The van der Waals surface area contributed by atoms with Gasteiger partial charge in [-0.05, 0) is 44.3 Å². The van der Waals surface area contributed by atoms with Crippen LogP contribution in [-0.2, 0) is 6.42 Å². The Hall–Kier alpha value is -0.940. The molecule has 2 heterocycles. The number of hydrogen-bond donors (Lipinski definition) is 2. The second-order valence-corrected chi connectivity index (χ2v) is 7.18. The van der Waals surface area contributed by atoms with Crippen LogP contribution in [0.25, 0.3) is 0 Å². The van der Waals surface area contributed by atoms with Gasteiger partial charge >= 0.3 is 0 Å². The number of hydrogen-bond acceptors (Lipinski definition) is 4. The zero-order valence-corrected chi connectivity index (χ0v) is 14.2. The van der Waals surface area contributed by atoms with Crippen molar-refractivity contribution in [3.05, 3.63) is 35.9 Å². The lowest BCUT2D eigenvalue weighted by Gasteiger charge is -2.39. The smallest absolute Gasteiger partial charge is 0.0786 e. The van der Waals surface area contributed by atoms with Crippen molar-refractivity contribution in [3.63, 3.8) is 0 Å². The third-order valence-corrected chi connectivity index (χ3v) is 5.31. The minimum Gasteiger partial charge on any atom is -0.389 e. The molecule has 0 aromatic heterocycles. The van der Waals surface area contributed by atoms with E-state index < -0.39 is 5.60 Å². The van der Waals surface area contributed by atoms with E-state index in [1.54, 1.807) is 0 Å². The summed E-state index contributed by atoms with van der Waals surface area (Å²) in [5, 5.41) is 14.2. The number of piperazine rings is 1. The van der Waals surface area contributed by atoms with Crippen LogP contribution in [0.15, 0.2) is 30.3 Å². The van der Waals surface area contributed by atoms with E-state index in [0.717, 1.165) is 78.0 Å². The minimum absolute atomic E-state index is 0.476. The molecule has 128 valence electrons. The molecule has 0 bridgehead atoms. The summed E-state index contributed by atoms with van der Waals surface area (Å²) in [6.45, 7) is 8.42. The fourth-order valence-corrected chi connectivity index (χ4v) is 3.79. The highest BCUT2D eigenvalue weighted by Gasteiger charge is 2.31. The average Bonchev–Trinajstić information content (AvgIpc) is 2.80. The largest absolute Gasteiger partial charge is 0.389 e. The van der Waals surface area contributed by atoms with E-state index in [-0.39, 0.29) is 0 Å². The molecule has 0 unspecified atom stereocenters. The van der Waals surface area contributed by atoms with E-state index >= 15 is 0 Å². The van der Waals surface area contributed by atoms with Crippen molar-refractivity contribution in [1.29, 1.82) is 0 Å². The Labute approximate surface area is 140 Å². The van der Waals surface area contributed by atoms with Gasteiger partial charge in [-0.3, -0.25) is 4.90 Å². The maximum absolute atomic E-state index is 10.8. The van der Waals surface area contributed by atoms with E-state index in [4.69, 9.17) is 0 Å². The lowest BCUT2D eigenvalue weighted by Crippen LogP contribution is -2.52. The standard InChI is InChI=1S/C19H31N3O/c23-19(8-4-10-20-11-9-19)17-22-15-13-21(14-16-22)12-7-18-5-2-1-3-6-18/h1-3,5-6,20,23H,4,7-17H2/t19-/m0/s1. The second-order valence-electron chi connectivity index (χ2n) is 7.18. The van der Waals surface area contributed by atoms with Gasteiger partial charge in [-0.15, -0.1) is 0 Å². The summed E-state index contributed by atoms with van der Waals surface area (Å²) in [6, 6.07) is 10.7. The predicted octanol–water partition coefficient (Wildman–Crippen LogP) is 1.35. The van der Waals surface area contributed by atoms with Gasteiger partial charge in [-0.1, -0.05) is 30.3 Å². The van der Waals surface area contributed by atoms with Crippen molar-refractivity contribution >= 4 is 0 Å². The van der Waals surface area contributed by atoms with Crippen LogP contribution in [-0.4, -0.2) is 72.9 Å². The van der Waals surface area contributed by atoms with Gasteiger partial charge in [0.15, 0.2) is 0 Å². The van der Waals surface area contributed by atoms with Crippen LogP contribution in [0.2, 0.25) is 0 Å². The van der Waals surface area contributed by atoms with E-state index in [1.165, 1.54) is 5.56 Å². The first-order valence-corrected chi connectivity index (χ1v) is 9.15. The molecule has 2 saturated heterocycles. The summed E-state index contributed by atoms with van der Waals surface area (Å²) >= 11 is 0. The quantitative estimate of drug-likeness (QED) is 0.860. The molecular weight excluding hydrogens is 286 g/mol. The third-order valence-electron chi connectivity index (χ3n) is 5.31. The molecule has 2 aliphatic rings. The Bertz CT molecular complexity index is 449. The van der Waals surface area contributed by atoms with Crippen molar-refractivity contribution in [2.24, 2.45) is 0 Å². The van der Waals surface area contributed by atoms with Crippen molar-refractivity contribution in [2.45, 2.75) is 31.3 Å². The summed E-state index contributed by atoms with van der Waals surface area (Å²) in [5.74, 6) is 0. The first-order valence-electron chi connectivity index (χ1n) is 9.15. The maximum Gasteiger partial charge on any atom is 0.0786 e. The molecule has 0 saturated carbocycles. The van der Waals surface area contributed by atoms with Gasteiger partial charge in [0.05, 0.1) is 5.60 Å². The number of benzene rings is 1. The zero-order valence-electron chi connectivity index (χ0n) is 14.2. The molecule has 1 aromatic rings. The van der Waals surface area contributed by atoms with Gasteiger partial charge in [0.1, 0.15) is 0 Å². The summed E-state index contributed by atoms with van der Waals surface area (Å²) in [5.41, 5.74) is 0.950. The van der Waals surface area contributed by atoms with Gasteiger partial charge in [0.25, 0.3) is 0 Å². The summed E-state index contributed by atoms with van der Waals surface area (Å²) in [4.78, 5) is 5.02. The maximum atomic E-state index is 10.8. The lowest BCUT2D eigenvalue weighted by molar-refractivity contribution is -0.0183. The highest BCUT2D eigenvalue weighted by molar-refractivity contribution is 5.14. The topological polar surface area (TPSA) is 38.7 Å². The molecule has 0 radical (unpaired) electrons. The molecule has 4 nitrogen and oxygen atoms in total. The highest BCUT2D eigenvalue weighted by atomic mass is 16.3. The second kappa shape index (κ2) is 8.25. The Balaban J connectivity index is 1.39. The third kappa shape index (κ3) is 5.28. The van der Waals surface area contributed by atoms with Crippen molar-refractivity contribution in [3.8, 4) is 0 Å². The number of nitrogens with zero attached hydrogens (tertiary/aromatic N) is 2. The molecule has 4 heteroatoms. The molecule has 3 rings (SSSR count). The first-order chi connectivity index (χ1) is 11.2. The van der Waals surface area contributed by atoms with Crippen LogP contribution >= 0.6 is 0 Å². The van der Waals surface area contributed by atoms with Gasteiger partial charge in [-0.2, -0.15) is 0 Å². The zero-order chi connectivity index (χ0) is 16.0. The molecule has 1 aromatic carbocycles. The average molecular weight is 317 g/mol. The number of nitrogens with one attached hydrogen (secondary N) is 1. The van der Waals surface area contributed by atoms with Gasteiger partial charge < -0.3 is 15.3 Å². The Morgan fingerprint density at radius 3 is 2.48 bits per heavy atom. The van der Waals surface area contributed by atoms with Gasteiger partial charge in [0, 0.05) is 39.3 Å². The monoisotopic (exact) mass is 317 g/mol. The van der Waals surface area contributed by atoms with Gasteiger partial charge in [-0.25, -0.2) is 0 Å². The highest BCUT2D eigenvalue weighted by Crippen LogP contribution is 2.21. The van der Waals surface area contributed by atoms with Crippen LogP contribution in [0.3, 0.4) is 0 Å². The van der Waals surface area contributed by atoms with E-state index in [9.17, 15) is 5.11 Å². The van der Waals surface area contributed by atoms with Crippen LogP contribution in [0.4, 0.5) is 0 Å². The van der Waals surface area contributed by atoms with E-state index in [0.29, 0.717) is 0 Å². The predicted molar refractivity (Wildman–Crippen MR) is 94.7 cm³/mol. The van der Waals surface area contributed by atoms with Crippen LogP contribution in [0.1, 0.15) is 24.8 Å². The molecule has 2 aliphatic heterocycles. The van der Waals surface area contributed by atoms with Crippen molar-refractivity contribution < 1.29 is 5.11 Å². The van der Waals surface area contributed by atoms with Crippen LogP contribution in [0, 0.1) is 0 Å². The number of aliphatic hydroxyl groups is 1. The minimum atomic E-state index is -0.476. The fourth-order valence-electron chi connectivity index (χ4n) is 3.79. The SMILES string of the molecule is O[C@@]1(CN2CCN(CCc3ccccc3)CC2)CCCNCC1. The molecule has 2 N–H and O–H groups in total. The van der Waals surface area contributed by atoms with E-state index in [1.807, 2.05) is 0 Å². The molecule has 23 heavy (non-hydrogen) atoms. The first kappa shape index (κ1) is 16.9. The van der Waals surface area contributed by atoms with Gasteiger partial charge in [0.2, 0.25) is 0 Å². The van der Waals surface area contributed by atoms with Crippen molar-refractivity contribution in [1.82, 2.24) is 15.1 Å². The Kier molecular flexibility index (Phi) is 6.06. The molecule has 1 atom stereocenters. The number of rotatable bonds is 5. The van der Waals surface area contributed by atoms with Crippen LogP contribution in [0.5, 0.6) is 0 Å². The summed E-state index contributed by atoms with van der Waals surface area (Å²) in [6.07, 6.45) is 4.05. The lowest BCUT2D eigenvalue weighted by atomic mass is 9.94.